The maximum absolute atomic E-state index is 12.5. The molecule has 0 spiro atoms. The van der Waals surface area contributed by atoms with Crippen LogP contribution in [0.4, 0.5) is 0 Å². The van der Waals surface area contributed by atoms with E-state index in [9.17, 15) is 8.42 Å². The van der Waals surface area contributed by atoms with Gasteiger partial charge in [-0.25, -0.2) is 13.1 Å². The number of benzene rings is 1. The predicted octanol–water partition coefficient (Wildman–Crippen LogP) is 3.00. The lowest BCUT2D eigenvalue weighted by molar-refractivity contribution is 0.375. The first-order chi connectivity index (χ1) is 11.9. The summed E-state index contributed by atoms with van der Waals surface area (Å²) in [4.78, 5) is 4.37. The highest BCUT2D eigenvalue weighted by atomic mass is 35.5. The van der Waals surface area contributed by atoms with E-state index >= 15 is 0 Å². The monoisotopic (exact) mass is 380 g/mol. The third-order valence-electron chi connectivity index (χ3n) is 3.79. The highest BCUT2D eigenvalue weighted by Gasteiger charge is 2.19. The Morgan fingerprint density at radius 1 is 1.28 bits per heavy atom. The van der Waals surface area contributed by atoms with Gasteiger partial charge < -0.3 is 9.09 Å². The lowest BCUT2D eigenvalue weighted by Crippen LogP contribution is -2.24. The Morgan fingerprint density at radius 3 is 2.84 bits per heavy atom. The van der Waals surface area contributed by atoms with Gasteiger partial charge in [0.15, 0.2) is 0 Å². The number of aromatic nitrogens is 3. The number of hydrogen-bond acceptors (Lipinski definition) is 5. The Balaban J connectivity index is 1.77. The normalized spacial score (nSPS) is 11.8. The zero-order valence-corrected chi connectivity index (χ0v) is 15.3. The van der Waals surface area contributed by atoms with E-state index < -0.39 is 10.0 Å². The molecule has 2 aromatic heterocycles. The highest BCUT2D eigenvalue weighted by molar-refractivity contribution is 7.89. The van der Waals surface area contributed by atoms with Crippen LogP contribution < -0.4 is 4.72 Å². The molecule has 0 aliphatic heterocycles. The Bertz CT molecular complexity index is 994. The van der Waals surface area contributed by atoms with Crippen molar-refractivity contribution in [1.82, 2.24) is 19.4 Å². The average Bonchev–Trinajstić information content (AvgIpc) is 3.23. The molecular formula is C16H17ClN4O3S. The Labute approximate surface area is 150 Å². The summed E-state index contributed by atoms with van der Waals surface area (Å²) in [7, 11) is -3.74. The van der Waals surface area contributed by atoms with Gasteiger partial charge in [0, 0.05) is 17.8 Å². The van der Waals surface area contributed by atoms with Crippen LogP contribution in [0, 0.1) is 6.92 Å². The van der Waals surface area contributed by atoms with Crippen LogP contribution in [0.5, 0.6) is 0 Å². The molecule has 0 atom stereocenters. The topological polar surface area (TPSA) is 90.0 Å². The zero-order valence-electron chi connectivity index (χ0n) is 13.7. The van der Waals surface area contributed by atoms with Gasteiger partial charge in [0.25, 0.3) is 0 Å². The van der Waals surface area contributed by atoms with Crippen LogP contribution in [0.25, 0.3) is 11.5 Å². The summed E-state index contributed by atoms with van der Waals surface area (Å²) in [6.45, 7) is 4.33. The summed E-state index contributed by atoms with van der Waals surface area (Å²) < 4.78 is 34.5. The third kappa shape index (κ3) is 3.60. The predicted molar refractivity (Wildman–Crippen MR) is 93.6 cm³/mol. The molecule has 25 heavy (non-hydrogen) atoms. The van der Waals surface area contributed by atoms with Gasteiger partial charge in [-0.2, -0.15) is 4.98 Å². The number of halogens is 1. The Kier molecular flexibility index (Phi) is 4.94. The van der Waals surface area contributed by atoms with Gasteiger partial charge in [-0.15, -0.1) is 0 Å². The molecule has 1 N–H and O–H groups in total. The van der Waals surface area contributed by atoms with Crippen molar-refractivity contribution in [2.45, 2.75) is 31.8 Å². The molecule has 0 bridgehead atoms. The van der Waals surface area contributed by atoms with Crippen molar-refractivity contribution in [2.75, 3.05) is 0 Å². The molecule has 0 aliphatic carbocycles. The summed E-state index contributed by atoms with van der Waals surface area (Å²) in [6, 6.07) is 8.49. The van der Waals surface area contributed by atoms with Gasteiger partial charge in [0.2, 0.25) is 21.7 Å². The van der Waals surface area contributed by atoms with Gasteiger partial charge in [0.05, 0.1) is 17.1 Å². The first-order valence-electron chi connectivity index (χ1n) is 7.65. The minimum atomic E-state index is -3.74. The van der Waals surface area contributed by atoms with E-state index in [1.165, 1.54) is 6.07 Å². The van der Waals surface area contributed by atoms with Gasteiger partial charge >= 0.3 is 0 Å². The molecule has 9 heteroatoms. The number of aryl methyl sites for hydroxylation is 1. The molecule has 7 nitrogen and oxygen atoms in total. The van der Waals surface area contributed by atoms with Crippen molar-refractivity contribution >= 4 is 21.6 Å². The molecule has 2 heterocycles. The molecular weight excluding hydrogens is 364 g/mol. The summed E-state index contributed by atoms with van der Waals surface area (Å²) in [5, 5.41) is 4.30. The van der Waals surface area contributed by atoms with Crippen molar-refractivity contribution in [2.24, 2.45) is 0 Å². The summed E-state index contributed by atoms with van der Waals surface area (Å²) in [5.41, 5.74) is 1.30. The van der Waals surface area contributed by atoms with Gasteiger partial charge in [-0.3, -0.25) is 0 Å². The third-order valence-corrected chi connectivity index (χ3v) is 5.74. The summed E-state index contributed by atoms with van der Waals surface area (Å²) in [6.07, 6.45) is 1.91. The minimum absolute atomic E-state index is 0.103. The van der Waals surface area contributed by atoms with Crippen LogP contribution in [-0.2, 0) is 23.1 Å². The largest absolute Gasteiger partial charge is 0.345 e. The van der Waals surface area contributed by atoms with Crippen LogP contribution in [0.15, 0.2) is 45.9 Å². The van der Waals surface area contributed by atoms with E-state index in [-0.39, 0.29) is 17.3 Å². The molecule has 0 aliphatic rings. The summed E-state index contributed by atoms with van der Waals surface area (Å²) >= 11 is 5.99. The fraction of sp³-hybridized carbons (Fsp3) is 0.250. The van der Waals surface area contributed by atoms with Gasteiger partial charge in [-0.1, -0.05) is 22.8 Å². The van der Waals surface area contributed by atoms with Crippen LogP contribution >= 0.6 is 11.6 Å². The molecule has 0 saturated heterocycles. The maximum atomic E-state index is 12.5. The molecule has 0 saturated carbocycles. The van der Waals surface area contributed by atoms with Crippen molar-refractivity contribution in [3.63, 3.8) is 0 Å². The maximum Gasteiger partial charge on any atom is 0.242 e. The number of nitrogens with zero attached hydrogens (tertiary/aromatic N) is 3. The van der Waals surface area contributed by atoms with Crippen molar-refractivity contribution in [3.05, 3.63) is 53.0 Å². The average molecular weight is 381 g/mol. The number of rotatable bonds is 6. The van der Waals surface area contributed by atoms with Crippen LogP contribution in [-0.4, -0.2) is 23.1 Å². The van der Waals surface area contributed by atoms with Crippen LogP contribution in [0.2, 0.25) is 5.02 Å². The molecule has 132 valence electrons. The second-order valence-corrected chi connectivity index (χ2v) is 7.52. The lowest BCUT2D eigenvalue weighted by atomic mass is 10.2. The SMILES string of the molecule is CCn1cccc1-c1noc(CNS(=O)(=O)c2cccc(Cl)c2C)n1. The molecule has 0 amide bonds. The smallest absolute Gasteiger partial charge is 0.242 e. The molecule has 1 aromatic carbocycles. The molecule has 3 rings (SSSR count). The van der Waals surface area contributed by atoms with Crippen LogP contribution in [0.3, 0.4) is 0 Å². The Morgan fingerprint density at radius 2 is 2.08 bits per heavy atom. The van der Waals surface area contributed by atoms with E-state index in [0.29, 0.717) is 16.4 Å². The lowest BCUT2D eigenvalue weighted by Gasteiger charge is -2.08. The van der Waals surface area contributed by atoms with Gasteiger partial charge in [-0.05, 0) is 43.7 Å². The number of sulfonamides is 1. The van der Waals surface area contributed by atoms with E-state index in [1.807, 2.05) is 29.8 Å². The minimum Gasteiger partial charge on any atom is -0.345 e. The van der Waals surface area contributed by atoms with E-state index in [4.69, 9.17) is 16.1 Å². The highest BCUT2D eigenvalue weighted by Crippen LogP contribution is 2.23. The van der Waals surface area contributed by atoms with Crippen molar-refractivity contribution < 1.29 is 12.9 Å². The van der Waals surface area contributed by atoms with Crippen molar-refractivity contribution in [1.29, 1.82) is 0 Å². The molecule has 0 unspecified atom stereocenters. The standard InChI is InChI=1S/C16H17ClN4O3S/c1-3-21-9-5-7-13(21)16-19-15(24-20-16)10-18-25(22,23)14-8-4-6-12(17)11(14)2/h4-9,18H,3,10H2,1-2H3. The second-order valence-electron chi connectivity index (χ2n) is 5.38. The van der Waals surface area contributed by atoms with E-state index in [0.717, 1.165) is 12.2 Å². The first-order valence-corrected chi connectivity index (χ1v) is 9.51. The number of nitrogens with one attached hydrogen (secondary N) is 1. The second kappa shape index (κ2) is 6.99. The molecule has 3 aromatic rings. The fourth-order valence-electron chi connectivity index (χ4n) is 2.44. The first kappa shape index (κ1) is 17.7. The molecule has 0 radical (unpaired) electrons. The fourth-order valence-corrected chi connectivity index (χ4v) is 3.91. The molecule has 0 fully saturated rings. The van der Waals surface area contributed by atoms with E-state index in [1.54, 1.807) is 19.1 Å². The quantitative estimate of drug-likeness (QED) is 0.709. The Hall–Kier alpha value is -2.16. The zero-order chi connectivity index (χ0) is 18.0. The van der Waals surface area contributed by atoms with Crippen molar-refractivity contribution in [3.8, 4) is 11.5 Å². The van der Waals surface area contributed by atoms with Gasteiger partial charge in [0.1, 0.15) is 0 Å². The number of hydrogen-bond donors (Lipinski definition) is 1. The van der Waals surface area contributed by atoms with Crippen LogP contribution in [0.1, 0.15) is 18.4 Å². The summed E-state index contributed by atoms with van der Waals surface area (Å²) in [5.74, 6) is 0.599. The van der Waals surface area contributed by atoms with E-state index in [2.05, 4.69) is 14.9 Å².